The molecule has 7 heteroatoms. The van der Waals surface area contributed by atoms with Crippen LogP contribution in [0.25, 0.3) is 16.9 Å². The molecule has 0 aliphatic heterocycles. The Morgan fingerprint density at radius 2 is 2.00 bits per heavy atom. The molecule has 0 saturated heterocycles. The summed E-state index contributed by atoms with van der Waals surface area (Å²) in [5.41, 5.74) is 5.73. The lowest BCUT2D eigenvalue weighted by molar-refractivity contribution is 0.875. The average Bonchev–Trinajstić information content (AvgIpc) is 3.02. The van der Waals surface area contributed by atoms with Crippen LogP contribution in [0.4, 0.5) is 0 Å². The summed E-state index contributed by atoms with van der Waals surface area (Å²) in [4.78, 5) is 13.6. The van der Waals surface area contributed by atoms with Gasteiger partial charge < -0.3 is 0 Å². The Labute approximate surface area is 160 Å². The number of benzene rings is 1. The molecule has 0 aliphatic carbocycles. The van der Waals surface area contributed by atoms with E-state index in [1.54, 1.807) is 18.0 Å². The van der Waals surface area contributed by atoms with Crippen LogP contribution in [0.3, 0.4) is 0 Å². The monoisotopic (exact) mass is 381 g/mol. The summed E-state index contributed by atoms with van der Waals surface area (Å²) < 4.78 is 1.85. The smallest absolute Gasteiger partial charge is 0.188 e. The second-order valence-electron chi connectivity index (χ2n) is 5.96. The van der Waals surface area contributed by atoms with Gasteiger partial charge in [-0.2, -0.15) is 5.10 Å². The van der Waals surface area contributed by atoms with Crippen molar-refractivity contribution in [2.45, 2.75) is 24.8 Å². The molecule has 26 heavy (non-hydrogen) atoms. The Hall–Kier alpha value is -2.44. The van der Waals surface area contributed by atoms with Gasteiger partial charge >= 0.3 is 0 Å². The molecule has 0 aliphatic rings. The third kappa shape index (κ3) is 3.43. The number of fused-ring (bicyclic) bond motifs is 1. The van der Waals surface area contributed by atoms with Crippen molar-refractivity contribution in [3.05, 3.63) is 70.8 Å². The number of halogens is 1. The lowest BCUT2D eigenvalue weighted by atomic mass is 10.2. The first-order valence-electron chi connectivity index (χ1n) is 8.13. The molecule has 0 spiro atoms. The van der Waals surface area contributed by atoms with Crippen LogP contribution >= 0.6 is 23.4 Å². The highest BCUT2D eigenvalue weighted by Crippen LogP contribution is 2.25. The van der Waals surface area contributed by atoms with E-state index < -0.39 is 0 Å². The molecule has 4 aromatic rings. The van der Waals surface area contributed by atoms with Crippen LogP contribution in [0, 0.1) is 13.8 Å². The van der Waals surface area contributed by atoms with E-state index in [1.807, 2.05) is 61.0 Å². The molecule has 4 rings (SSSR count). The van der Waals surface area contributed by atoms with Crippen molar-refractivity contribution in [1.82, 2.24) is 24.6 Å². The number of rotatable bonds is 4. The molecular formula is C19H16ClN5S. The van der Waals surface area contributed by atoms with Crippen molar-refractivity contribution in [3.63, 3.8) is 0 Å². The lowest BCUT2D eigenvalue weighted by Crippen LogP contribution is -2.00. The van der Waals surface area contributed by atoms with Gasteiger partial charge in [0.15, 0.2) is 10.8 Å². The minimum Gasteiger partial charge on any atom is -0.236 e. The average molecular weight is 382 g/mol. The maximum atomic E-state index is 6.04. The van der Waals surface area contributed by atoms with E-state index in [0.717, 1.165) is 49.8 Å². The molecule has 0 saturated carbocycles. The molecule has 0 bridgehead atoms. The highest BCUT2D eigenvalue weighted by Gasteiger charge is 2.11. The van der Waals surface area contributed by atoms with Crippen LogP contribution < -0.4 is 0 Å². The zero-order valence-electron chi connectivity index (χ0n) is 14.3. The molecule has 0 unspecified atom stereocenters. The zero-order chi connectivity index (χ0) is 18.1. The van der Waals surface area contributed by atoms with E-state index in [2.05, 4.69) is 15.1 Å². The van der Waals surface area contributed by atoms with E-state index in [0.29, 0.717) is 0 Å². The molecule has 0 fully saturated rings. The minimum atomic E-state index is 0.721. The normalized spacial score (nSPS) is 11.2. The second kappa shape index (κ2) is 7.05. The Bertz CT molecular complexity index is 1090. The fraction of sp³-hybridized carbons (Fsp3) is 0.158. The van der Waals surface area contributed by atoms with Gasteiger partial charge in [-0.15, -0.1) is 0 Å². The van der Waals surface area contributed by atoms with E-state index in [4.69, 9.17) is 16.6 Å². The zero-order valence-corrected chi connectivity index (χ0v) is 15.9. The summed E-state index contributed by atoms with van der Waals surface area (Å²) in [6, 6.07) is 11.7. The maximum absolute atomic E-state index is 6.04. The minimum absolute atomic E-state index is 0.721. The third-order valence-electron chi connectivity index (χ3n) is 4.01. The summed E-state index contributed by atoms with van der Waals surface area (Å²) in [6.45, 7) is 3.99. The van der Waals surface area contributed by atoms with Crippen molar-refractivity contribution in [3.8, 4) is 11.3 Å². The fourth-order valence-electron chi connectivity index (χ4n) is 2.75. The van der Waals surface area contributed by atoms with Crippen molar-refractivity contribution in [2.75, 3.05) is 0 Å². The molecule has 0 amide bonds. The van der Waals surface area contributed by atoms with Crippen LogP contribution in [0.1, 0.15) is 17.0 Å². The van der Waals surface area contributed by atoms with Gasteiger partial charge in [-0.25, -0.2) is 19.5 Å². The van der Waals surface area contributed by atoms with Gasteiger partial charge in [-0.1, -0.05) is 35.5 Å². The third-order valence-corrected chi connectivity index (χ3v) is 5.18. The molecule has 0 N–H and O–H groups in total. The van der Waals surface area contributed by atoms with Gasteiger partial charge in [0.1, 0.15) is 0 Å². The Balaban J connectivity index is 1.62. The molecular weight excluding hydrogens is 366 g/mol. The first kappa shape index (κ1) is 17.0. The SMILES string of the molecule is Cc1cc2ncc(-c3ccnc(SCc4cccc(Cl)c4)n3)c(C)n2n1. The van der Waals surface area contributed by atoms with Gasteiger partial charge in [0, 0.05) is 34.8 Å². The molecule has 0 radical (unpaired) electrons. The van der Waals surface area contributed by atoms with Crippen LogP contribution in [0.15, 0.2) is 53.9 Å². The highest BCUT2D eigenvalue weighted by molar-refractivity contribution is 7.98. The van der Waals surface area contributed by atoms with Crippen LogP contribution in [-0.4, -0.2) is 24.6 Å². The van der Waals surface area contributed by atoms with Gasteiger partial charge in [-0.3, -0.25) is 0 Å². The quantitative estimate of drug-likeness (QED) is 0.377. The van der Waals surface area contributed by atoms with E-state index in [9.17, 15) is 0 Å². The Kier molecular flexibility index (Phi) is 4.61. The van der Waals surface area contributed by atoms with E-state index in [1.165, 1.54) is 0 Å². The molecule has 5 nitrogen and oxygen atoms in total. The van der Waals surface area contributed by atoms with Gasteiger partial charge in [-0.05, 0) is 37.6 Å². The molecule has 3 aromatic heterocycles. The highest BCUT2D eigenvalue weighted by atomic mass is 35.5. The van der Waals surface area contributed by atoms with Crippen molar-refractivity contribution in [1.29, 1.82) is 0 Å². The summed E-state index contributed by atoms with van der Waals surface area (Å²) in [5, 5.41) is 5.96. The van der Waals surface area contributed by atoms with Crippen molar-refractivity contribution in [2.24, 2.45) is 0 Å². The predicted octanol–water partition coefficient (Wildman–Crippen LogP) is 4.75. The van der Waals surface area contributed by atoms with Crippen LogP contribution in [-0.2, 0) is 5.75 Å². The Morgan fingerprint density at radius 3 is 2.85 bits per heavy atom. The van der Waals surface area contributed by atoms with Gasteiger partial charge in [0.2, 0.25) is 0 Å². The molecule has 1 aromatic carbocycles. The maximum Gasteiger partial charge on any atom is 0.188 e. The molecule has 0 atom stereocenters. The number of thioether (sulfide) groups is 1. The summed E-state index contributed by atoms with van der Waals surface area (Å²) >= 11 is 7.62. The summed E-state index contributed by atoms with van der Waals surface area (Å²) in [7, 11) is 0. The van der Waals surface area contributed by atoms with Gasteiger partial charge in [0.25, 0.3) is 0 Å². The summed E-state index contributed by atoms with van der Waals surface area (Å²) in [6.07, 6.45) is 3.63. The van der Waals surface area contributed by atoms with Gasteiger partial charge in [0.05, 0.1) is 17.1 Å². The largest absolute Gasteiger partial charge is 0.236 e. The van der Waals surface area contributed by atoms with Crippen molar-refractivity contribution < 1.29 is 0 Å². The first-order valence-corrected chi connectivity index (χ1v) is 9.49. The summed E-state index contributed by atoms with van der Waals surface area (Å²) in [5.74, 6) is 0.763. The first-order chi connectivity index (χ1) is 12.6. The van der Waals surface area contributed by atoms with Crippen LogP contribution in [0.5, 0.6) is 0 Å². The number of aromatic nitrogens is 5. The van der Waals surface area contributed by atoms with E-state index >= 15 is 0 Å². The molecule has 130 valence electrons. The Morgan fingerprint density at radius 1 is 1.12 bits per heavy atom. The second-order valence-corrected chi connectivity index (χ2v) is 7.33. The number of aryl methyl sites for hydroxylation is 2. The fourth-order valence-corrected chi connectivity index (χ4v) is 3.74. The topological polar surface area (TPSA) is 56.0 Å². The molecule has 3 heterocycles. The number of hydrogen-bond acceptors (Lipinski definition) is 5. The van der Waals surface area contributed by atoms with E-state index in [-0.39, 0.29) is 0 Å². The lowest BCUT2D eigenvalue weighted by Gasteiger charge is -2.08. The van der Waals surface area contributed by atoms with Crippen molar-refractivity contribution >= 4 is 29.0 Å². The van der Waals surface area contributed by atoms with Crippen LogP contribution in [0.2, 0.25) is 5.02 Å². The number of nitrogens with zero attached hydrogens (tertiary/aromatic N) is 5. The standard InChI is InChI=1S/C19H16ClN5S/c1-12-8-18-22-10-16(13(2)25(18)24-12)17-6-7-21-19(23-17)26-11-14-4-3-5-15(20)9-14/h3-10H,11H2,1-2H3. The number of hydrogen-bond donors (Lipinski definition) is 0. The predicted molar refractivity (Wildman–Crippen MR) is 105 cm³/mol.